The summed E-state index contributed by atoms with van der Waals surface area (Å²) in [6.07, 6.45) is 4.61. The van der Waals surface area contributed by atoms with Crippen LogP contribution in [0.2, 0.25) is 10.0 Å². The Bertz CT molecular complexity index is 791. The zero-order valence-electron chi connectivity index (χ0n) is 12.7. The molecule has 0 amide bonds. The van der Waals surface area contributed by atoms with Crippen molar-refractivity contribution in [2.75, 3.05) is 13.2 Å². The minimum atomic E-state index is -3.59. The number of hydrogen-bond acceptors (Lipinski definition) is 4. The molecule has 1 saturated carbocycles. The van der Waals surface area contributed by atoms with E-state index in [9.17, 15) is 8.42 Å². The summed E-state index contributed by atoms with van der Waals surface area (Å²) in [6, 6.07) is 8.24. The Kier molecular flexibility index (Phi) is 5.30. The Morgan fingerprint density at radius 1 is 1.17 bits per heavy atom. The van der Waals surface area contributed by atoms with E-state index >= 15 is 0 Å². The molecule has 1 fully saturated rings. The van der Waals surface area contributed by atoms with E-state index in [-0.39, 0.29) is 24.1 Å². The van der Waals surface area contributed by atoms with Crippen LogP contribution in [0.1, 0.15) is 12.8 Å². The molecule has 0 radical (unpaired) electrons. The van der Waals surface area contributed by atoms with Gasteiger partial charge >= 0.3 is 0 Å². The predicted octanol–water partition coefficient (Wildman–Crippen LogP) is 3.62. The molecule has 5 nitrogen and oxygen atoms in total. The van der Waals surface area contributed by atoms with Gasteiger partial charge in [-0.15, -0.1) is 0 Å². The predicted molar refractivity (Wildman–Crippen MR) is 93.1 cm³/mol. The SMILES string of the molecule is O=S(=O)(c1cccnc1)N(CCOc1c(Cl)cccc1Cl)C1CC1. The average Bonchev–Trinajstić information content (AvgIpc) is 3.39. The molecule has 8 heteroatoms. The molecule has 24 heavy (non-hydrogen) atoms. The van der Waals surface area contributed by atoms with Gasteiger partial charge in [0.25, 0.3) is 0 Å². The number of hydrogen-bond donors (Lipinski definition) is 0. The van der Waals surface area contributed by atoms with Crippen molar-refractivity contribution in [2.24, 2.45) is 0 Å². The second kappa shape index (κ2) is 7.27. The number of benzene rings is 1. The first-order valence-electron chi connectivity index (χ1n) is 7.49. The molecule has 0 atom stereocenters. The molecule has 0 unspecified atom stereocenters. The molecular weight excluding hydrogens is 371 g/mol. The molecule has 0 saturated heterocycles. The van der Waals surface area contributed by atoms with Gasteiger partial charge in [0.15, 0.2) is 5.75 Å². The van der Waals surface area contributed by atoms with Crippen molar-refractivity contribution in [2.45, 2.75) is 23.8 Å². The second-order valence-electron chi connectivity index (χ2n) is 5.43. The van der Waals surface area contributed by atoms with Gasteiger partial charge < -0.3 is 4.74 Å². The van der Waals surface area contributed by atoms with Crippen LogP contribution in [-0.4, -0.2) is 36.9 Å². The Balaban J connectivity index is 1.72. The summed E-state index contributed by atoms with van der Waals surface area (Å²) >= 11 is 12.1. The topological polar surface area (TPSA) is 59.5 Å². The van der Waals surface area contributed by atoms with Crippen molar-refractivity contribution in [1.82, 2.24) is 9.29 Å². The van der Waals surface area contributed by atoms with Crippen molar-refractivity contribution in [3.63, 3.8) is 0 Å². The number of aromatic nitrogens is 1. The van der Waals surface area contributed by atoms with Crippen LogP contribution in [0.4, 0.5) is 0 Å². The zero-order chi connectivity index (χ0) is 17.2. The minimum Gasteiger partial charge on any atom is -0.489 e. The summed E-state index contributed by atoms with van der Waals surface area (Å²) in [7, 11) is -3.59. The second-order valence-corrected chi connectivity index (χ2v) is 8.14. The molecular formula is C16H16Cl2N2O3S. The third kappa shape index (κ3) is 3.83. The summed E-state index contributed by atoms with van der Waals surface area (Å²) in [5, 5.41) is 0.797. The number of rotatable bonds is 7. The fourth-order valence-electron chi connectivity index (χ4n) is 2.35. The molecule has 0 bridgehead atoms. The first-order valence-corrected chi connectivity index (χ1v) is 9.68. The van der Waals surface area contributed by atoms with Crippen LogP contribution in [-0.2, 0) is 10.0 Å². The van der Waals surface area contributed by atoms with Gasteiger partial charge in [0, 0.05) is 25.0 Å². The van der Waals surface area contributed by atoms with Crippen molar-refractivity contribution < 1.29 is 13.2 Å². The maximum Gasteiger partial charge on any atom is 0.244 e. The maximum absolute atomic E-state index is 12.8. The Morgan fingerprint density at radius 3 is 2.46 bits per heavy atom. The molecule has 1 aliphatic rings. The van der Waals surface area contributed by atoms with Crippen molar-refractivity contribution in [3.8, 4) is 5.75 Å². The lowest BCUT2D eigenvalue weighted by atomic mass is 10.3. The largest absolute Gasteiger partial charge is 0.489 e. The van der Waals surface area contributed by atoms with Gasteiger partial charge in [0.05, 0.1) is 10.0 Å². The quantitative estimate of drug-likeness (QED) is 0.728. The van der Waals surface area contributed by atoms with Gasteiger partial charge in [0.1, 0.15) is 11.5 Å². The van der Waals surface area contributed by atoms with Gasteiger partial charge in [-0.3, -0.25) is 4.98 Å². The number of pyridine rings is 1. The molecule has 1 heterocycles. The van der Waals surface area contributed by atoms with Gasteiger partial charge in [0.2, 0.25) is 10.0 Å². The van der Waals surface area contributed by atoms with Crippen LogP contribution in [0.25, 0.3) is 0 Å². The molecule has 0 N–H and O–H groups in total. The third-order valence-electron chi connectivity index (χ3n) is 3.67. The van der Waals surface area contributed by atoms with Crippen LogP contribution >= 0.6 is 23.2 Å². The fraction of sp³-hybridized carbons (Fsp3) is 0.312. The molecule has 1 aromatic carbocycles. The summed E-state index contributed by atoms with van der Waals surface area (Å²) in [6.45, 7) is 0.392. The molecule has 1 aromatic heterocycles. The molecule has 3 rings (SSSR count). The molecule has 1 aliphatic carbocycles. The molecule has 128 valence electrons. The van der Waals surface area contributed by atoms with Crippen LogP contribution in [0.15, 0.2) is 47.6 Å². The average molecular weight is 387 g/mol. The highest BCUT2D eigenvalue weighted by Gasteiger charge is 2.38. The minimum absolute atomic E-state index is 0.0144. The summed E-state index contributed by atoms with van der Waals surface area (Å²) in [5.41, 5.74) is 0. The molecule has 0 spiro atoms. The smallest absolute Gasteiger partial charge is 0.244 e. The number of para-hydroxylation sites is 1. The van der Waals surface area contributed by atoms with Crippen LogP contribution in [0.3, 0.4) is 0 Å². The molecule has 0 aliphatic heterocycles. The van der Waals surface area contributed by atoms with E-state index in [4.69, 9.17) is 27.9 Å². The maximum atomic E-state index is 12.8. The highest BCUT2D eigenvalue weighted by molar-refractivity contribution is 7.89. The number of sulfonamides is 1. The fourth-order valence-corrected chi connectivity index (χ4v) is 4.49. The van der Waals surface area contributed by atoms with Crippen LogP contribution < -0.4 is 4.74 Å². The Labute approximate surface area is 151 Å². The third-order valence-corrected chi connectivity index (χ3v) is 6.20. The lowest BCUT2D eigenvalue weighted by molar-refractivity contribution is 0.269. The van der Waals surface area contributed by atoms with E-state index in [2.05, 4.69) is 4.98 Å². The zero-order valence-corrected chi connectivity index (χ0v) is 15.1. The van der Waals surface area contributed by atoms with E-state index < -0.39 is 10.0 Å². The van der Waals surface area contributed by atoms with Gasteiger partial charge in [-0.2, -0.15) is 4.31 Å². The highest BCUT2D eigenvalue weighted by Crippen LogP contribution is 2.34. The van der Waals surface area contributed by atoms with Crippen molar-refractivity contribution >= 4 is 33.2 Å². The van der Waals surface area contributed by atoms with Crippen LogP contribution in [0.5, 0.6) is 5.75 Å². The van der Waals surface area contributed by atoms with Gasteiger partial charge in [-0.1, -0.05) is 29.3 Å². The summed E-state index contributed by atoms with van der Waals surface area (Å²) in [4.78, 5) is 4.08. The number of ether oxygens (including phenoxy) is 1. The normalized spacial score (nSPS) is 14.8. The number of nitrogens with zero attached hydrogens (tertiary/aromatic N) is 2. The van der Waals surface area contributed by atoms with E-state index in [0.29, 0.717) is 15.8 Å². The highest BCUT2D eigenvalue weighted by atomic mass is 35.5. The molecule has 2 aromatic rings. The van der Waals surface area contributed by atoms with Crippen molar-refractivity contribution in [1.29, 1.82) is 0 Å². The first kappa shape index (κ1) is 17.5. The van der Waals surface area contributed by atoms with Crippen LogP contribution in [0, 0.1) is 0 Å². The lowest BCUT2D eigenvalue weighted by Crippen LogP contribution is -2.36. The van der Waals surface area contributed by atoms with E-state index in [1.54, 1.807) is 36.5 Å². The van der Waals surface area contributed by atoms with Crippen molar-refractivity contribution in [3.05, 3.63) is 52.8 Å². The standard InChI is InChI=1S/C16H16Cl2N2O3S/c17-14-4-1-5-15(18)16(14)23-10-9-20(12-6-7-12)24(21,22)13-3-2-8-19-11-13/h1-5,8,11-12H,6-7,9-10H2. The summed E-state index contributed by atoms with van der Waals surface area (Å²) < 4.78 is 32.6. The first-order chi connectivity index (χ1) is 11.5. The Morgan fingerprint density at radius 2 is 1.88 bits per heavy atom. The van der Waals surface area contributed by atoms with E-state index in [1.165, 1.54) is 10.5 Å². The van der Waals surface area contributed by atoms with Gasteiger partial charge in [-0.05, 0) is 37.1 Å². The number of halogens is 2. The van der Waals surface area contributed by atoms with E-state index in [1.807, 2.05) is 0 Å². The van der Waals surface area contributed by atoms with E-state index in [0.717, 1.165) is 12.8 Å². The monoisotopic (exact) mass is 386 g/mol. The Hall–Kier alpha value is -1.34. The lowest BCUT2D eigenvalue weighted by Gasteiger charge is -2.22. The van der Waals surface area contributed by atoms with Gasteiger partial charge in [-0.25, -0.2) is 8.42 Å². The summed E-state index contributed by atoms with van der Waals surface area (Å²) in [5.74, 6) is 0.371.